The minimum absolute atomic E-state index is 0.0284. The van der Waals surface area contributed by atoms with E-state index in [1.54, 1.807) is 0 Å². The summed E-state index contributed by atoms with van der Waals surface area (Å²) < 4.78 is 0. The molecule has 0 rings (SSSR count). The summed E-state index contributed by atoms with van der Waals surface area (Å²) in [5.41, 5.74) is 10.5. The van der Waals surface area contributed by atoms with Crippen LogP contribution in [0.3, 0.4) is 0 Å². The monoisotopic (exact) mass is 258 g/mol. The van der Waals surface area contributed by atoms with Crippen LogP contribution < -0.4 is 22.1 Å². The summed E-state index contributed by atoms with van der Waals surface area (Å²) >= 11 is 0. The maximum Gasteiger partial charge on any atom is 0.312 e. The Labute approximate surface area is 109 Å². The molecule has 6 nitrogen and oxygen atoms in total. The first-order chi connectivity index (χ1) is 8.60. The predicted octanol–water partition coefficient (Wildman–Crippen LogP) is 0.459. The van der Waals surface area contributed by atoms with E-state index in [4.69, 9.17) is 11.5 Å². The van der Waals surface area contributed by atoms with Crippen molar-refractivity contribution in [3.63, 3.8) is 0 Å². The van der Waals surface area contributed by atoms with Gasteiger partial charge in [-0.2, -0.15) is 0 Å². The number of urea groups is 1. The van der Waals surface area contributed by atoms with Gasteiger partial charge in [-0.15, -0.1) is 0 Å². The van der Waals surface area contributed by atoms with Crippen LogP contribution in [0, 0.1) is 0 Å². The average Bonchev–Trinajstić information content (AvgIpc) is 2.33. The van der Waals surface area contributed by atoms with E-state index < -0.39 is 6.03 Å². The van der Waals surface area contributed by atoms with Gasteiger partial charge in [0.25, 0.3) is 0 Å². The molecular formula is C12H26N4O2. The van der Waals surface area contributed by atoms with Gasteiger partial charge in [0.05, 0.1) is 0 Å². The molecule has 18 heavy (non-hydrogen) atoms. The quantitative estimate of drug-likeness (QED) is 0.427. The Balaban J connectivity index is 3.59. The van der Waals surface area contributed by atoms with E-state index in [2.05, 4.69) is 17.6 Å². The largest absolute Gasteiger partial charge is 0.352 e. The molecule has 0 bridgehead atoms. The van der Waals surface area contributed by atoms with E-state index in [1.165, 1.54) is 0 Å². The minimum atomic E-state index is -0.526. The summed E-state index contributed by atoms with van der Waals surface area (Å²) in [6.45, 7) is 3.11. The molecule has 0 spiro atoms. The number of unbranched alkanes of at least 4 members (excludes halogenated alkanes) is 2. The Bertz CT molecular complexity index is 246. The van der Waals surface area contributed by atoms with E-state index in [-0.39, 0.29) is 11.9 Å². The first-order valence-electron chi connectivity index (χ1n) is 6.62. The fraction of sp³-hybridized carbons (Fsp3) is 0.833. The van der Waals surface area contributed by atoms with Crippen molar-refractivity contribution in [1.82, 2.24) is 10.6 Å². The molecule has 0 aromatic carbocycles. The number of hydrogen-bond acceptors (Lipinski definition) is 3. The first kappa shape index (κ1) is 16.7. The van der Waals surface area contributed by atoms with Gasteiger partial charge in [-0.25, -0.2) is 4.79 Å². The number of hydrogen-bond donors (Lipinski definition) is 4. The van der Waals surface area contributed by atoms with Gasteiger partial charge in [0.2, 0.25) is 5.91 Å². The molecule has 0 aromatic rings. The first-order valence-corrected chi connectivity index (χ1v) is 6.62. The van der Waals surface area contributed by atoms with E-state index in [1.807, 2.05) is 0 Å². The lowest BCUT2D eigenvalue weighted by Crippen LogP contribution is -2.40. The zero-order valence-electron chi connectivity index (χ0n) is 11.2. The van der Waals surface area contributed by atoms with Gasteiger partial charge in [-0.05, 0) is 19.3 Å². The fourth-order valence-electron chi connectivity index (χ4n) is 1.62. The van der Waals surface area contributed by atoms with Crippen LogP contribution in [0.25, 0.3) is 0 Å². The van der Waals surface area contributed by atoms with Crippen LogP contribution in [-0.4, -0.2) is 31.1 Å². The van der Waals surface area contributed by atoms with Crippen molar-refractivity contribution in [2.45, 2.75) is 51.5 Å². The molecular weight excluding hydrogens is 232 g/mol. The van der Waals surface area contributed by atoms with Gasteiger partial charge in [0.15, 0.2) is 0 Å². The lowest BCUT2D eigenvalue weighted by molar-refractivity contribution is -0.121. The lowest BCUT2D eigenvalue weighted by Gasteiger charge is -2.16. The molecule has 0 fully saturated rings. The Morgan fingerprint density at radius 1 is 1.22 bits per heavy atom. The number of carbonyl (C=O) groups is 2. The molecule has 0 radical (unpaired) electrons. The molecule has 0 aromatic heterocycles. The summed E-state index contributed by atoms with van der Waals surface area (Å²) in [6.07, 6.45) is 5.05. The summed E-state index contributed by atoms with van der Waals surface area (Å²) in [4.78, 5) is 22.0. The number of nitrogens with one attached hydrogen (secondary N) is 2. The number of rotatable bonds is 10. The zero-order chi connectivity index (χ0) is 13.8. The highest BCUT2D eigenvalue weighted by Crippen LogP contribution is 2.01. The summed E-state index contributed by atoms with van der Waals surface area (Å²) in [5, 5.41) is 5.41. The van der Waals surface area contributed by atoms with Crippen LogP contribution >= 0.6 is 0 Å². The van der Waals surface area contributed by atoms with Crippen LogP contribution in [0.1, 0.15) is 45.4 Å². The maximum absolute atomic E-state index is 11.6. The van der Waals surface area contributed by atoms with Crippen molar-refractivity contribution in [3.05, 3.63) is 0 Å². The van der Waals surface area contributed by atoms with Crippen molar-refractivity contribution in [3.8, 4) is 0 Å². The number of amides is 3. The Morgan fingerprint density at radius 2 is 1.94 bits per heavy atom. The molecule has 1 atom stereocenters. The summed E-state index contributed by atoms with van der Waals surface area (Å²) in [6, 6.07) is -0.441. The SMILES string of the molecule is CCCCC(CN)NC(=O)CCCCNC(N)=O. The van der Waals surface area contributed by atoms with Gasteiger partial charge in [0.1, 0.15) is 0 Å². The molecule has 0 saturated carbocycles. The van der Waals surface area contributed by atoms with Crippen LogP contribution in [-0.2, 0) is 4.79 Å². The van der Waals surface area contributed by atoms with E-state index >= 15 is 0 Å². The molecule has 6 N–H and O–H groups in total. The van der Waals surface area contributed by atoms with E-state index in [0.717, 1.165) is 32.1 Å². The van der Waals surface area contributed by atoms with Gasteiger partial charge in [-0.3, -0.25) is 4.79 Å². The second-order valence-corrected chi connectivity index (χ2v) is 4.39. The molecule has 3 amide bonds. The minimum Gasteiger partial charge on any atom is -0.352 e. The second kappa shape index (κ2) is 10.8. The molecule has 0 heterocycles. The third kappa shape index (κ3) is 9.89. The second-order valence-electron chi connectivity index (χ2n) is 4.39. The number of nitrogens with two attached hydrogens (primary N) is 2. The third-order valence-electron chi connectivity index (χ3n) is 2.69. The van der Waals surface area contributed by atoms with E-state index in [0.29, 0.717) is 19.5 Å². The normalized spacial score (nSPS) is 11.9. The predicted molar refractivity (Wildman–Crippen MR) is 71.9 cm³/mol. The standard InChI is InChI=1S/C12H26N4O2/c1-2-3-6-10(9-13)16-11(17)7-4-5-8-15-12(14)18/h10H,2-9,13H2,1H3,(H,16,17)(H3,14,15,18). The summed E-state index contributed by atoms with van der Waals surface area (Å²) in [7, 11) is 0. The smallest absolute Gasteiger partial charge is 0.312 e. The zero-order valence-corrected chi connectivity index (χ0v) is 11.2. The molecule has 0 aliphatic rings. The third-order valence-corrected chi connectivity index (χ3v) is 2.69. The van der Waals surface area contributed by atoms with Crippen LogP contribution in [0.2, 0.25) is 0 Å². The van der Waals surface area contributed by atoms with Gasteiger partial charge < -0.3 is 22.1 Å². The van der Waals surface area contributed by atoms with Crippen LogP contribution in [0.15, 0.2) is 0 Å². The maximum atomic E-state index is 11.6. The molecule has 6 heteroatoms. The Morgan fingerprint density at radius 3 is 2.50 bits per heavy atom. The highest BCUT2D eigenvalue weighted by atomic mass is 16.2. The Hall–Kier alpha value is -1.30. The van der Waals surface area contributed by atoms with Crippen molar-refractivity contribution in [2.75, 3.05) is 13.1 Å². The van der Waals surface area contributed by atoms with Crippen molar-refractivity contribution >= 4 is 11.9 Å². The van der Waals surface area contributed by atoms with Crippen molar-refractivity contribution < 1.29 is 9.59 Å². The highest BCUT2D eigenvalue weighted by Gasteiger charge is 2.09. The van der Waals surface area contributed by atoms with Gasteiger partial charge in [-0.1, -0.05) is 19.8 Å². The average molecular weight is 258 g/mol. The fourth-order valence-corrected chi connectivity index (χ4v) is 1.62. The van der Waals surface area contributed by atoms with E-state index in [9.17, 15) is 9.59 Å². The van der Waals surface area contributed by atoms with Crippen molar-refractivity contribution in [2.24, 2.45) is 11.5 Å². The molecule has 0 saturated heterocycles. The van der Waals surface area contributed by atoms with Crippen LogP contribution in [0.5, 0.6) is 0 Å². The van der Waals surface area contributed by atoms with Gasteiger partial charge >= 0.3 is 6.03 Å². The molecule has 0 aliphatic carbocycles. The topological polar surface area (TPSA) is 110 Å². The highest BCUT2D eigenvalue weighted by molar-refractivity contribution is 5.76. The van der Waals surface area contributed by atoms with Gasteiger partial charge in [0, 0.05) is 25.6 Å². The van der Waals surface area contributed by atoms with Crippen molar-refractivity contribution in [1.29, 1.82) is 0 Å². The van der Waals surface area contributed by atoms with Crippen LogP contribution in [0.4, 0.5) is 4.79 Å². The Kier molecular flexibility index (Phi) is 10.0. The number of carbonyl (C=O) groups excluding carboxylic acids is 2. The lowest BCUT2D eigenvalue weighted by atomic mass is 10.1. The molecule has 0 aliphatic heterocycles. The number of primary amides is 1. The summed E-state index contributed by atoms with van der Waals surface area (Å²) in [5.74, 6) is 0.0284. The molecule has 1 unspecified atom stereocenters. The molecule has 106 valence electrons.